The van der Waals surface area contributed by atoms with Crippen molar-refractivity contribution in [2.24, 2.45) is 0 Å². The van der Waals surface area contributed by atoms with Crippen LogP contribution in [-0.2, 0) is 14.8 Å². The summed E-state index contributed by atoms with van der Waals surface area (Å²) in [6.45, 7) is 4.90. The fourth-order valence-electron chi connectivity index (χ4n) is 1.50. The van der Waals surface area contributed by atoms with Crippen LogP contribution in [0.2, 0.25) is 0 Å². The molecule has 0 aromatic carbocycles. The van der Waals surface area contributed by atoms with Gasteiger partial charge in [0.05, 0.1) is 5.25 Å². The highest BCUT2D eigenvalue weighted by molar-refractivity contribution is 7.89. The van der Waals surface area contributed by atoms with Crippen molar-refractivity contribution in [3.8, 4) is 0 Å². The van der Waals surface area contributed by atoms with Gasteiger partial charge in [0.1, 0.15) is 0 Å². The minimum atomic E-state index is -3.11. The first-order valence-electron chi connectivity index (χ1n) is 5.01. The maximum absolute atomic E-state index is 12.0. The lowest BCUT2D eigenvalue weighted by atomic mass is 10.2. The van der Waals surface area contributed by atoms with Crippen LogP contribution in [0.5, 0.6) is 0 Å². The molecule has 0 bridgehead atoms. The molecule has 0 spiro atoms. The zero-order valence-electron chi connectivity index (χ0n) is 9.06. The van der Waals surface area contributed by atoms with Gasteiger partial charge in [-0.3, -0.25) is 0 Å². The second-order valence-corrected chi connectivity index (χ2v) is 6.24. The van der Waals surface area contributed by atoms with Gasteiger partial charge in [-0.25, -0.2) is 12.7 Å². The van der Waals surface area contributed by atoms with Gasteiger partial charge in [-0.15, -0.1) is 0 Å². The van der Waals surface area contributed by atoms with Crippen LogP contribution >= 0.6 is 0 Å². The van der Waals surface area contributed by atoms with Crippen LogP contribution in [0.3, 0.4) is 0 Å². The normalized spacial score (nSPS) is 20.6. The van der Waals surface area contributed by atoms with Crippen LogP contribution in [0.25, 0.3) is 0 Å². The van der Waals surface area contributed by atoms with Crippen LogP contribution in [-0.4, -0.2) is 44.3 Å². The molecule has 0 N–H and O–H groups in total. The first-order valence-corrected chi connectivity index (χ1v) is 6.51. The number of hydrogen-bond acceptors (Lipinski definition) is 3. The van der Waals surface area contributed by atoms with E-state index in [0.717, 1.165) is 0 Å². The summed E-state index contributed by atoms with van der Waals surface area (Å²) < 4.78 is 30.6. The molecule has 0 unspecified atom stereocenters. The maximum Gasteiger partial charge on any atom is 0.217 e. The first kappa shape index (κ1) is 11.9. The Balaban J connectivity index is 2.73. The fraction of sp³-hybridized carbons (Fsp3) is 1.00. The second-order valence-electron chi connectivity index (χ2n) is 3.97. The molecule has 4 nitrogen and oxygen atoms in total. The van der Waals surface area contributed by atoms with E-state index in [1.54, 1.807) is 7.05 Å². The standard InChI is InChI=1S/C9H19NO3S/c1-8(2)10(3)14(11,12)9-4-6-13-7-5-9/h8-9H,4-7H2,1-3H3. The van der Waals surface area contributed by atoms with Gasteiger partial charge in [0, 0.05) is 26.3 Å². The van der Waals surface area contributed by atoms with Gasteiger partial charge in [0.25, 0.3) is 0 Å². The lowest BCUT2D eigenvalue weighted by Crippen LogP contribution is -2.42. The third kappa shape index (κ3) is 2.46. The van der Waals surface area contributed by atoms with Crippen LogP contribution in [0.4, 0.5) is 0 Å². The molecule has 14 heavy (non-hydrogen) atoms. The predicted molar refractivity (Wildman–Crippen MR) is 55.7 cm³/mol. The van der Waals surface area contributed by atoms with Crippen molar-refractivity contribution in [3.63, 3.8) is 0 Å². The van der Waals surface area contributed by atoms with E-state index in [9.17, 15) is 8.42 Å². The van der Waals surface area contributed by atoms with E-state index >= 15 is 0 Å². The fourth-order valence-corrected chi connectivity index (χ4v) is 3.35. The van der Waals surface area contributed by atoms with Gasteiger partial charge < -0.3 is 4.74 Å². The van der Waals surface area contributed by atoms with E-state index in [-0.39, 0.29) is 11.3 Å². The SMILES string of the molecule is CC(C)N(C)S(=O)(=O)C1CCOCC1. The second kappa shape index (κ2) is 4.59. The average molecular weight is 221 g/mol. The summed E-state index contributed by atoms with van der Waals surface area (Å²) in [5.41, 5.74) is 0. The summed E-state index contributed by atoms with van der Waals surface area (Å²) in [6.07, 6.45) is 1.25. The van der Waals surface area contributed by atoms with Crippen LogP contribution in [0.1, 0.15) is 26.7 Å². The summed E-state index contributed by atoms with van der Waals surface area (Å²) in [7, 11) is -1.46. The van der Waals surface area contributed by atoms with Crippen molar-refractivity contribution >= 4 is 10.0 Å². The molecular weight excluding hydrogens is 202 g/mol. The summed E-state index contributed by atoms with van der Waals surface area (Å²) in [6, 6.07) is 0.0304. The Morgan fingerprint density at radius 3 is 2.21 bits per heavy atom. The van der Waals surface area contributed by atoms with E-state index in [4.69, 9.17) is 4.74 Å². The Labute approximate surface area is 86.3 Å². The largest absolute Gasteiger partial charge is 0.381 e. The third-order valence-corrected chi connectivity index (χ3v) is 5.26. The molecule has 5 heteroatoms. The molecule has 0 atom stereocenters. The van der Waals surface area contributed by atoms with Crippen molar-refractivity contribution in [3.05, 3.63) is 0 Å². The third-order valence-electron chi connectivity index (χ3n) is 2.72. The monoisotopic (exact) mass is 221 g/mol. The van der Waals surface area contributed by atoms with E-state index in [1.807, 2.05) is 13.8 Å². The number of ether oxygens (including phenoxy) is 1. The molecule has 0 aliphatic carbocycles. The quantitative estimate of drug-likeness (QED) is 0.709. The molecule has 1 aliphatic heterocycles. The topological polar surface area (TPSA) is 46.6 Å². The smallest absolute Gasteiger partial charge is 0.217 e. The van der Waals surface area contributed by atoms with Gasteiger partial charge in [-0.2, -0.15) is 0 Å². The molecule has 1 heterocycles. The molecule has 0 saturated carbocycles. The van der Waals surface area contributed by atoms with Gasteiger partial charge >= 0.3 is 0 Å². The van der Waals surface area contributed by atoms with Crippen LogP contribution in [0.15, 0.2) is 0 Å². The molecule has 0 aromatic heterocycles. The molecule has 0 amide bonds. The number of rotatable bonds is 3. The minimum absolute atomic E-state index is 0.0304. The Hall–Kier alpha value is -0.130. The molecule has 0 aromatic rings. The summed E-state index contributed by atoms with van der Waals surface area (Å²) in [4.78, 5) is 0. The van der Waals surface area contributed by atoms with E-state index in [0.29, 0.717) is 26.1 Å². The van der Waals surface area contributed by atoms with Crippen molar-refractivity contribution in [2.75, 3.05) is 20.3 Å². The molecule has 0 radical (unpaired) electrons. The van der Waals surface area contributed by atoms with Gasteiger partial charge in [0.15, 0.2) is 0 Å². The molecule has 84 valence electrons. The molecular formula is C9H19NO3S. The van der Waals surface area contributed by atoms with E-state index < -0.39 is 10.0 Å². The van der Waals surface area contributed by atoms with Crippen molar-refractivity contribution in [2.45, 2.75) is 38.0 Å². The maximum atomic E-state index is 12.0. The highest BCUT2D eigenvalue weighted by atomic mass is 32.2. The van der Waals surface area contributed by atoms with Gasteiger partial charge in [-0.05, 0) is 26.7 Å². The zero-order valence-corrected chi connectivity index (χ0v) is 9.88. The Kier molecular flexibility index (Phi) is 3.92. The molecule has 1 rings (SSSR count). The lowest BCUT2D eigenvalue weighted by molar-refractivity contribution is 0.0972. The lowest BCUT2D eigenvalue weighted by Gasteiger charge is -2.29. The van der Waals surface area contributed by atoms with Crippen LogP contribution < -0.4 is 0 Å². The first-order chi connectivity index (χ1) is 6.46. The summed E-state index contributed by atoms with van der Waals surface area (Å²) >= 11 is 0. The average Bonchev–Trinajstić information content (AvgIpc) is 2.18. The summed E-state index contributed by atoms with van der Waals surface area (Å²) in [5, 5.41) is -0.247. The molecule has 1 saturated heterocycles. The minimum Gasteiger partial charge on any atom is -0.381 e. The predicted octanol–water partition coefficient (Wildman–Crippen LogP) is 0.835. The van der Waals surface area contributed by atoms with Crippen molar-refractivity contribution in [1.29, 1.82) is 0 Å². The highest BCUT2D eigenvalue weighted by Crippen LogP contribution is 2.19. The van der Waals surface area contributed by atoms with E-state index in [2.05, 4.69) is 0 Å². The van der Waals surface area contributed by atoms with Gasteiger partial charge in [-0.1, -0.05) is 0 Å². The van der Waals surface area contributed by atoms with Crippen molar-refractivity contribution in [1.82, 2.24) is 4.31 Å². The van der Waals surface area contributed by atoms with Gasteiger partial charge in [0.2, 0.25) is 10.0 Å². The summed E-state index contributed by atoms with van der Waals surface area (Å²) in [5.74, 6) is 0. The van der Waals surface area contributed by atoms with E-state index in [1.165, 1.54) is 4.31 Å². The Morgan fingerprint density at radius 1 is 1.29 bits per heavy atom. The highest BCUT2D eigenvalue weighted by Gasteiger charge is 2.32. The van der Waals surface area contributed by atoms with Crippen molar-refractivity contribution < 1.29 is 13.2 Å². The zero-order chi connectivity index (χ0) is 10.8. The Morgan fingerprint density at radius 2 is 1.79 bits per heavy atom. The number of nitrogens with zero attached hydrogens (tertiary/aromatic N) is 1. The van der Waals surface area contributed by atoms with Crippen LogP contribution in [0, 0.1) is 0 Å². The number of sulfonamides is 1. The number of hydrogen-bond donors (Lipinski definition) is 0. The molecule has 1 aliphatic rings. The molecule has 1 fully saturated rings. The Bertz CT molecular complexity index is 268.